The summed E-state index contributed by atoms with van der Waals surface area (Å²) in [6.45, 7) is 5.14. The van der Waals surface area contributed by atoms with Gasteiger partial charge in [-0.3, -0.25) is 0 Å². The number of ether oxygens (including phenoxy) is 1. The van der Waals surface area contributed by atoms with Crippen LogP contribution in [0.25, 0.3) is 0 Å². The highest BCUT2D eigenvalue weighted by Crippen LogP contribution is 2.16. The van der Waals surface area contributed by atoms with Crippen LogP contribution >= 0.6 is 0 Å². The number of methoxy groups -OCH3 is 1. The van der Waals surface area contributed by atoms with Crippen LogP contribution in [0.15, 0.2) is 24.3 Å². The van der Waals surface area contributed by atoms with Gasteiger partial charge in [0.1, 0.15) is 0 Å². The van der Waals surface area contributed by atoms with E-state index in [0.29, 0.717) is 19.7 Å². The van der Waals surface area contributed by atoms with E-state index in [4.69, 9.17) is 10.5 Å². The van der Waals surface area contributed by atoms with Crippen LogP contribution < -0.4 is 5.73 Å². The molecule has 1 atom stereocenters. The Hall–Kier alpha value is -0.950. The second-order valence-corrected chi connectivity index (χ2v) is 7.06. The molecule has 1 unspecified atom stereocenters. The average Bonchev–Trinajstić information content (AvgIpc) is 2.47. The predicted molar refractivity (Wildman–Crippen MR) is 85.3 cm³/mol. The molecule has 0 fully saturated rings. The molecule has 0 aliphatic carbocycles. The largest absolute Gasteiger partial charge is 0.383 e. The van der Waals surface area contributed by atoms with Gasteiger partial charge >= 0.3 is 0 Å². The third-order valence-corrected chi connectivity index (χ3v) is 5.52. The van der Waals surface area contributed by atoms with Crippen LogP contribution in [0.3, 0.4) is 0 Å². The molecule has 0 saturated carbocycles. The number of benzene rings is 1. The van der Waals surface area contributed by atoms with Crippen molar-refractivity contribution < 1.29 is 13.2 Å². The van der Waals surface area contributed by atoms with Crippen LogP contribution in [0.1, 0.15) is 31.4 Å². The van der Waals surface area contributed by atoms with Crippen molar-refractivity contribution in [3.8, 4) is 0 Å². The van der Waals surface area contributed by atoms with Gasteiger partial charge in [-0.1, -0.05) is 31.2 Å². The first-order chi connectivity index (χ1) is 9.94. The van der Waals surface area contributed by atoms with E-state index in [-0.39, 0.29) is 11.8 Å². The number of hydrogen-bond donors (Lipinski definition) is 1. The Kier molecular flexibility index (Phi) is 7.31. The molecule has 0 bridgehead atoms. The van der Waals surface area contributed by atoms with Crippen molar-refractivity contribution in [2.75, 3.05) is 20.3 Å². The molecule has 0 radical (unpaired) electrons. The van der Waals surface area contributed by atoms with Gasteiger partial charge in [0.25, 0.3) is 0 Å². The molecule has 6 heteroatoms. The van der Waals surface area contributed by atoms with Crippen molar-refractivity contribution in [1.82, 2.24) is 4.31 Å². The van der Waals surface area contributed by atoms with Crippen LogP contribution in [0.2, 0.25) is 0 Å². The molecule has 21 heavy (non-hydrogen) atoms. The molecule has 0 aliphatic heterocycles. The highest BCUT2D eigenvalue weighted by Gasteiger charge is 2.26. The van der Waals surface area contributed by atoms with Crippen molar-refractivity contribution >= 4 is 10.0 Å². The van der Waals surface area contributed by atoms with Crippen molar-refractivity contribution in [3.05, 3.63) is 35.4 Å². The molecule has 2 N–H and O–H groups in total. The number of sulfonamides is 1. The lowest BCUT2D eigenvalue weighted by atomic mass is 10.1. The van der Waals surface area contributed by atoms with Gasteiger partial charge < -0.3 is 10.5 Å². The molecule has 0 spiro atoms. The predicted octanol–water partition coefficient (Wildman–Crippen LogP) is 1.72. The summed E-state index contributed by atoms with van der Waals surface area (Å²) < 4.78 is 31.8. The fourth-order valence-electron chi connectivity index (χ4n) is 2.08. The molecule has 1 rings (SSSR count). The van der Waals surface area contributed by atoms with E-state index < -0.39 is 10.0 Å². The standard InChI is InChI=1S/C15H26N2O3S/c1-4-13(2)17(9-10-20-3)21(18,19)12-15-7-5-14(11-16)6-8-15/h5-8,13H,4,9-12,16H2,1-3H3. The van der Waals surface area contributed by atoms with Crippen molar-refractivity contribution in [2.24, 2.45) is 5.73 Å². The first-order valence-corrected chi connectivity index (χ1v) is 8.81. The molecule has 0 saturated heterocycles. The van der Waals surface area contributed by atoms with Gasteiger partial charge in [0.2, 0.25) is 10.0 Å². The quantitative estimate of drug-likeness (QED) is 0.753. The van der Waals surface area contributed by atoms with Gasteiger partial charge in [-0.05, 0) is 24.5 Å². The second-order valence-electron chi connectivity index (χ2n) is 5.14. The third kappa shape index (κ3) is 5.39. The Bertz CT molecular complexity index is 514. The molecule has 1 aromatic carbocycles. The number of nitrogens with zero attached hydrogens (tertiary/aromatic N) is 1. The van der Waals surface area contributed by atoms with Gasteiger partial charge in [-0.15, -0.1) is 0 Å². The van der Waals surface area contributed by atoms with Crippen molar-refractivity contribution in [2.45, 2.75) is 38.6 Å². The Balaban J connectivity index is 2.88. The average molecular weight is 314 g/mol. The van der Waals surface area contributed by atoms with E-state index in [9.17, 15) is 8.42 Å². The molecule has 120 valence electrons. The molecular formula is C15H26N2O3S. The molecule has 0 amide bonds. The summed E-state index contributed by atoms with van der Waals surface area (Å²) >= 11 is 0. The van der Waals surface area contributed by atoms with Gasteiger partial charge in [-0.25, -0.2) is 8.42 Å². The Morgan fingerprint density at radius 1 is 1.24 bits per heavy atom. The SMILES string of the molecule is CCC(C)N(CCOC)S(=O)(=O)Cc1ccc(CN)cc1. The monoisotopic (exact) mass is 314 g/mol. The zero-order chi connectivity index (χ0) is 15.9. The van der Waals surface area contributed by atoms with Gasteiger partial charge in [0, 0.05) is 26.2 Å². The van der Waals surface area contributed by atoms with E-state index >= 15 is 0 Å². The van der Waals surface area contributed by atoms with Crippen LogP contribution in [0, 0.1) is 0 Å². The second kappa shape index (κ2) is 8.48. The van der Waals surface area contributed by atoms with Gasteiger partial charge in [0.15, 0.2) is 0 Å². The minimum atomic E-state index is -3.36. The van der Waals surface area contributed by atoms with Crippen molar-refractivity contribution in [1.29, 1.82) is 0 Å². The fraction of sp³-hybridized carbons (Fsp3) is 0.600. The van der Waals surface area contributed by atoms with Crippen LogP contribution in [-0.2, 0) is 27.1 Å². The summed E-state index contributed by atoms with van der Waals surface area (Å²) in [4.78, 5) is 0. The molecule has 5 nitrogen and oxygen atoms in total. The lowest BCUT2D eigenvalue weighted by molar-refractivity contribution is 0.167. The summed E-state index contributed by atoms with van der Waals surface area (Å²) in [6, 6.07) is 7.35. The Labute approximate surface area is 128 Å². The lowest BCUT2D eigenvalue weighted by Gasteiger charge is -2.27. The fourth-order valence-corrected chi connectivity index (χ4v) is 3.91. The summed E-state index contributed by atoms with van der Waals surface area (Å²) in [5, 5.41) is 0. The molecular weight excluding hydrogens is 288 g/mol. The minimum Gasteiger partial charge on any atom is -0.383 e. The lowest BCUT2D eigenvalue weighted by Crippen LogP contribution is -2.41. The van der Waals surface area contributed by atoms with Gasteiger partial charge in [-0.2, -0.15) is 4.31 Å². The highest BCUT2D eigenvalue weighted by molar-refractivity contribution is 7.88. The van der Waals surface area contributed by atoms with Crippen LogP contribution in [0.5, 0.6) is 0 Å². The summed E-state index contributed by atoms with van der Waals surface area (Å²) in [6.07, 6.45) is 0.773. The Morgan fingerprint density at radius 3 is 2.29 bits per heavy atom. The van der Waals surface area contributed by atoms with Crippen molar-refractivity contribution in [3.63, 3.8) is 0 Å². The summed E-state index contributed by atoms with van der Waals surface area (Å²) in [5.74, 6) is 0.00586. The Morgan fingerprint density at radius 2 is 1.81 bits per heavy atom. The first-order valence-electron chi connectivity index (χ1n) is 7.21. The van der Waals surface area contributed by atoms with Gasteiger partial charge in [0.05, 0.1) is 12.4 Å². The summed E-state index contributed by atoms with van der Waals surface area (Å²) in [7, 11) is -1.78. The number of nitrogens with two attached hydrogens (primary N) is 1. The van der Waals surface area contributed by atoms with E-state index in [1.807, 2.05) is 38.1 Å². The zero-order valence-electron chi connectivity index (χ0n) is 13.1. The molecule has 0 heterocycles. The zero-order valence-corrected chi connectivity index (χ0v) is 13.9. The maximum Gasteiger partial charge on any atom is 0.218 e. The molecule has 1 aromatic rings. The third-order valence-electron chi connectivity index (χ3n) is 3.56. The highest BCUT2D eigenvalue weighted by atomic mass is 32.2. The molecule has 0 aliphatic rings. The van der Waals surface area contributed by atoms with E-state index in [1.165, 1.54) is 4.31 Å². The number of rotatable bonds is 9. The number of hydrogen-bond acceptors (Lipinski definition) is 4. The van der Waals surface area contributed by atoms with Crippen LogP contribution in [-0.4, -0.2) is 39.0 Å². The normalized spacial score (nSPS) is 13.6. The topological polar surface area (TPSA) is 72.6 Å². The van der Waals surface area contributed by atoms with E-state index in [1.54, 1.807) is 7.11 Å². The first kappa shape index (κ1) is 18.1. The smallest absolute Gasteiger partial charge is 0.218 e. The van der Waals surface area contributed by atoms with E-state index in [0.717, 1.165) is 17.5 Å². The van der Waals surface area contributed by atoms with Crippen LogP contribution in [0.4, 0.5) is 0 Å². The maximum atomic E-state index is 12.6. The van der Waals surface area contributed by atoms with E-state index in [2.05, 4.69) is 0 Å². The minimum absolute atomic E-state index is 0.00586. The summed E-state index contributed by atoms with van der Waals surface area (Å²) in [5.41, 5.74) is 7.32. The molecule has 0 aromatic heterocycles. The maximum absolute atomic E-state index is 12.6.